The molecule has 5 heteroatoms. The van der Waals surface area contributed by atoms with Crippen LogP contribution in [-0.4, -0.2) is 36.2 Å². The van der Waals surface area contributed by atoms with Gasteiger partial charge in [0.15, 0.2) is 0 Å². The second-order valence-electron chi connectivity index (χ2n) is 6.58. The zero-order valence-corrected chi connectivity index (χ0v) is 14.0. The molecule has 0 bridgehead atoms. The number of rotatable bonds is 6. The summed E-state index contributed by atoms with van der Waals surface area (Å²) < 4.78 is 10.5. The van der Waals surface area contributed by atoms with Gasteiger partial charge in [0, 0.05) is 7.11 Å². The predicted octanol–water partition coefficient (Wildman–Crippen LogP) is 2.28. The van der Waals surface area contributed by atoms with E-state index in [-0.39, 0.29) is 11.8 Å². The Morgan fingerprint density at radius 2 is 1.65 bits per heavy atom. The number of nitrogens with one attached hydrogen (secondary N) is 1. The fraction of sp³-hybridized carbons (Fsp3) is 0.867. The lowest BCUT2D eigenvalue weighted by atomic mass is 9.97. The van der Waals surface area contributed by atoms with E-state index in [1.807, 2.05) is 13.8 Å². The first-order valence-electron chi connectivity index (χ1n) is 7.03. The lowest BCUT2D eigenvalue weighted by Gasteiger charge is -2.30. The predicted molar refractivity (Wildman–Crippen MR) is 78.3 cm³/mol. The Bertz CT molecular complexity index is 344. The van der Waals surface area contributed by atoms with Gasteiger partial charge in [0.2, 0.25) is 0 Å². The van der Waals surface area contributed by atoms with Crippen LogP contribution in [0.3, 0.4) is 0 Å². The molecule has 0 rings (SSSR count). The van der Waals surface area contributed by atoms with Gasteiger partial charge in [0.05, 0.1) is 0 Å². The van der Waals surface area contributed by atoms with E-state index in [0.717, 1.165) is 6.42 Å². The van der Waals surface area contributed by atoms with Crippen molar-refractivity contribution >= 4 is 11.9 Å². The summed E-state index contributed by atoms with van der Waals surface area (Å²) in [5.74, 6) is -0.746. The van der Waals surface area contributed by atoms with Crippen LogP contribution in [0.1, 0.15) is 54.9 Å². The number of hydrogen-bond donors (Lipinski definition) is 1. The van der Waals surface area contributed by atoms with Crippen LogP contribution in [0.2, 0.25) is 0 Å². The van der Waals surface area contributed by atoms with E-state index in [1.165, 1.54) is 7.11 Å². The number of hydrogen-bond acceptors (Lipinski definition) is 4. The Kier molecular flexibility index (Phi) is 6.68. The minimum absolute atomic E-state index is 0.0125. The van der Waals surface area contributed by atoms with E-state index in [2.05, 4.69) is 5.32 Å². The van der Waals surface area contributed by atoms with E-state index in [0.29, 0.717) is 0 Å². The summed E-state index contributed by atoms with van der Waals surface area (Å²) >= 11 is 0. The molecular weight excluding hydrogens is 258 g/mol. The number of esters is 1. The molecular formula is C15H29NO4. The molecule has 0 saturated carbocycles. The van der Waals surface area contributed by atoms with Crippen molar-refractivity contribution in [2.24, 2.45) is 5.92 Å². The number of carbonyl (C=O) groups excluding carboxylic acids is 2. The molecule has 118 valence electrons. The van der Waals surface area contributed by atoms with Crippen molar-refractivity contribution in [3.63, 3.8) is 0 Å². The van der Waals surface area contributed by atoms with Gasteiger partial charge in [-0.05, 0) is 40.5 Å². The van der Waals surface area contributed by atoms with Crippen LogP contribution >= 0.6 is 0 Å². The SMILES string of the molecule is CC[C@H](C)[C@H](NC(=O)C(C)(C)OC)C(=O)OC(C)(C)C. The monoisotopic (exact) mass is 287 g/mol. The van der Waals surface area contributed by atoms with Crippen LogP contribution in [0.15, 0.2) is 0 Å². The summed E-state index contributed by atoms with van der Waals surface area (Å²) in [5, 5.41) is 2.74. The second kappa shape index (κ2) is 7.07. The van der Waals surface area contributed by atoms with Gasteiger partial charge in [0.25, 0.3) is 5.91 Å². The highest BCUT2D eigenvalue weighted by atomic mass is 16.6. The zero-order valence-electron chi connectivity index (χ0n) is 14.0. The molecule has 0 aromatic heterocycles. The minimum Gasteiger partial charge on any atom is -0.458 e. The highest BCUT2D eigenvalue weighted by Gasteiger charge is 2.35. The minimum atomic E-state index is -0.978. The lowest BCUT2D eigenvalue weighted by Crippen LogP contribution is -2.53. The topological polar surface area (TPSA) is 64.6 Å². The summed E-state index contributed by atoms with van der Waals surface area (Å²) in [5.41, 5.74) is -1.56. The molecule has 0 aromatic rings. The summed E-state index contributed by atoms with van der Waals surface area (Å²) in [7, 11) is 1.46. The Labute approximate surface area is 122 Å². The molecule has 0 aliphatic carbocycles. The number of ether oxygens (including phenoxy) is 2. The maximum Gasteiger partial charge on any atom is 0.329 e. The highest BCUT2D eigenvalue weighted by Crippen LogP contribution is 2.16. The Hall–Kier alpha value is -1.10. The molecule has 2 atom stereocenters. The Balaban J connectivity index is 5.01. The van der Waals surface area contributed by atoms with Crippen molar-refractivity contribution in [3.8, 4) is 0 Å². The van der Waals surface area contributed by atoms with Crippen molar-refractivity contribution in [1.82, 2.24) is 5.32 Å². The molecule has 0 aliphatic rings. The second-order valence-corrected chi connectivity index (χ2v) is 6.58. The Morgan fingerprint density at radius 3 is 2.00 bits per heavy atom. The van der Waals surface area contributed by atoms with Crippen molar-refractivity contribution in [1.29, 1.82) is 0 Å². The quantitative estimate of drug-likeness (QED) is 0.761. The molecule has 0 heterocycles. The molecule has 0 fully saturated rings. The first-order chi connectivity index (χ1) is 8.94. The van der Waals surface area contributed by atoms with Gasteiger partial charge in [-0.15, -0.1) is 0 Å². The summed E-state index contributed by atoms with van der Waals surface area (Å²) in [6.45, 7) is 12.6. The number of carbonyl (C=O) groups is 2. The van der Waals surface area contributed by atoms with Crippen molar-refractivity contribution in [3.05, 3.63) is 0 Å². The van der Waals surface area contributed by atoms with Crippen molar-refractivity contribution in [2.75, 3.05) is 7.11 Å². The molecule has 5 nitrogen and oxygen atoms in total. The van der Waals surface area contributed by atoms with Gasteiger partial charge in [-0.3, -0.25) is 4.79 Å². The van der Waals surface area contributed by atoms with Gasteiger partial charge >= 0.3 is 5.97 Å². The average Bonchev–Trinajstić information content (AvgIpc) is 2.32. The third-order valence-corrected chi connectivity index (χ3v) is 3.22. The van der Waals surface area contributed by atoms with Gasteiger partial charge in [-0.1, -0.05) is 20.3 Å². The van der Waals surface area contributed by atoms with E-state index in [9.17, 15) is 9.59 Å². The summed E-state index contributed by atoms with van der Waals surface area (Å²) in [4.78, 5) is 24.4. The van der Waals surface area contributed by atoms with Crippen LogP contribution in [0.4, 0.5) is 0 Å². The van der Waals surface area contributed by atoms with Crippen LogP contribution in [0.5, 0.6) is 0 Å². The first-order valence-corrected chi connectivity index (χ1v) is 7.03. The molecule has 0 spiro atoms. The molecule has 0 unspecified atom stereocenters. The molecule has 20 heavy (non-hydrogen) atoms. The third kappa shape index (κ3) is 5.90. The fourth-order valence-electron chi connectivity index (χ4n) is 1.44. The lowest BCUT2D eigenvalue weighted by molar-refractivity contribution is -0.162. The van der Waals surface area contributed by atoms with Crippen LogP contribution < -0.4 is 5.32 Å². The van der Waals surface area contributed by atoms with Crippen molar-refractivity contribution in [2.45, 2.75) is 72.1 Å². The van der Waals surface area contributed by atoms with Gasteiger partial charge in [0.1, 0.15) is 17.2 Å². The largest absolute Gasteiger partial charge is 0.458 e. The zero-order chi connectivity index (χ0) is 16.1. The fourth-order valence-corrected chi connectivity index (χ4v) is 1.44. The molecule has 0 saturated heterocycles. The standard InChI is InChI=1S/C15H29NO4/c1-9-10(2)11(12(17)20-14(3,4)5)16-13(18)15(6,7)19-8/h10-11H,9H2,1-8H3,(H,16,18)/t10-,11-/m0/s1. The van der Waals surface area contributed by atoms with Gasteiger partial charge in [-0.25, -0.2) is 4.79 Å². The summed E-state index contributed by atoms with van der Waals surface area (Å²) in [6.07, 6.45) is 0.762. The molecule has 0 radical (unpaired) electrons. The van der Waals surface area contributed by atoms with E-state index >= 15 is 0 Å². The first kappa shape index (κ1) is 18.9. The van der Waals surface area contributed by atoms with Crippen LogP contribution in [0, 0.1) is 5.92 Å². The van der Waals surface area contributed by atoms with Crippen LogP contribution in [0.25, 0.3) is 0 Å². The maximum atomic E-state index is 12.2. The smallest absolute Gasteiger partial charge is 0.329 e. The highest BCUT2D eigenvalue weighted by molar-refractivity contribution is 5.89. The third-order valence-electron chi connectivity index (χ3n) is 3.22. The Morgan fingerprint density at radius 1 is 1.15 bits per heavy atom. The average molecular weight is 287 g/mol. The van der Waals surface area contributed by atoms with Gasteiger partial charge in [-0.2, -0.15) is 0 Å². The van der Waals surface area contributed by atoms with Crippen molar-refractivity contribution < 1.29 is 19.1 Å². The molecule has 1 N–H and O–H groups in total. The summed E-state index contributed by atoms with van der Waals surface area (Å²) in [6, 6.07) is -0.666. The van der Waals surface area contributed by atoms with E-state index < -0.39 is 23.2 Å². The van der Waals surface area contributed by atoms with Gasteiger partial charge < -0.3 is 14.8 Å². The molecule has 0 aromatic carbocycles. The molecule has 1 amide bonds. The maximum absolute atomic E-state index is 12.2. The van der Waals surface area contributed by atoms with Crippen LogP contribution in [-0.2, 0) is 19.1 Å². The molecule has 0 aliphatic heterocycles. The number of amides is 1. The van der Waals surface area contributed by atoms with E-state index in [4.69, 9.17) is 9.47 Å². The number of methoxy groups -OCH3 is 1. The van der Waals surface area contributed by atoms with E-state index in [1.54, 1.807) is 34.6 Å². The normalized spacial score (nSPS) is 15.4.